The Morgan fingerprint density at radius 2 is 2.04 bits per heavy atom. The molecule has 9 heteroatoms. The van der Waals surface area contributed by atoms with E-state index < -0.39 is 24.9 Å². The van der Waals surface area contributed by atoms with Gasteiger partial charge in [0.15, 0.2) is 5.82 Å². The molecule has 1 saturated carbocycles. The fourth-order valence-electron chi connectivity index (χ4n) is 3.51. The molecule has 1 aromatic heterocycles. The molecule has 2 aliphatic heterocycles. The minimum Gasteiger partial charge on any atom is -0.341 e. The highest BCUT2D eigenvalue weighted by Crippen LogP contribution is 2.38. The molecule has 2 N–H and O–H groups in total. The van der Waals surface area contributed by atoms with Gasteiger partial charge in [0, 0.05) is 31.3 Å². The van der Waals surface area contributed by atoms with E-state index >= 15 is 0 Å². The number of hydrogen-bond donors (Lipinski definition) is 2. The van der Waals surface area contributed by atoms with Crippen LogP contribution in [0.3, 0.4) is 0 Å². The lowest BCUT2D eigenvalue weighted by Crippen LogP contribution is -2.47. The van der Waals surface area contributed by atoms with E-state index in [-0.39, 0.29) is 24.2 Å². The molecule has 24 heavy (non-hydrogen) atoms. The molecule has 2 saturated heterocycles. The Labute approximate surface area is 145 Å². The lowest BCUT2D eigenvalue weighted by molar-refractivity contribution is -0.135. The minimum atomic E-state index is -2.78. The SMILES string of the molecule is Cl.O=C(C1CC(F)(F)CN1)N1CCCC(c2n[nH]c(C3CC3)n2)C1. The van der Waals surface area contributed by atoms with Crippen LogP contribution in [-0.4, -0.2) is 57.6 Å². The summed E-state index contributed by atoms with van der Waals surface area (Å²) in [6, 6.07) is -0.766. The van der Waals surface area contributed by atoms with Gasteiger partial charge in [0.2, 0.25) is 5.91 Å². The fraction of sp³-hybridized carbons (Fsp3) is 0.800. The molecule has 0 bridgehead atoms. The van der Waals surface area contributed by atoms with E-state index in [4.69, 9.17) is 0 Å². The molecule has 134 valence electrons. The molecule has 0 aromatic carbocycles. The van der Waals surface area contributed by atoms with Crippen LogP contribution in [0.5, 0.6) is 0 Å². The highest BCUT2D eigenvalue weighted by molar-refractivity contribution is 5.85. The first kappa shape index (κ1) is 17.5. The first-order valence-electron chi connectivity index (χ1n) is 8.34. The van der Waals surface area contributed by atoms with Gasteiger partial charge in [-0.05, 0) is 25.7 Å². The number of halogens is 3. The van der Waals surface area contributed by atoms with Gasteiger partial charge < -0.3 is 4.90 Å². The van der Waals surface area contributed by atoms with Crippen LogP contribution in [-0.2, 0) is 4.79 Å². The van der Waals surface area contributed by atoms with E-state index in [9.17, 15) is 13.6 Å². The van der Waals surface area contributed by atoms with Crippen LogP contribution in [0, 0.1) is 0 Å². The van der Waals surface area contributed by atoms with Crippen LogP contribution >= 0.6 is 12.4 Å². The second kappa shape index (κ2) is 6.55. The molecule has 0 radical (unpaired) electrons. The molecule has 3 aliphatic rings. The largest absolute Gasteiger partial charge is 0.341 e. The van der Waals surface area contributed by atoms with Gasteiger partial charge in [-0.3, -0.25) is 15.2 Å². The van der Waals surface area contributed by atoms with Gasteiger partial charge in [-0.1, -0.05) is 0 Å². The number of likely N-dealkylation sites (tertiary alicyclic amines) is 1. The topological polar surface area (TPSA) is 73.9 Å². The van der Waals surface area contributed by atoms with Crippen molar-refractivity contribution in [1.29, 1.82) is 0 Å². The summed E-state index contributed by atoms with van der Waals surface area (Å²) in [5.41, 5.74) is 0. The first-order valence-corrected chi connectivity index (χ1v) is 8.34. The lowest BCUT2D eigenvalue weighted by Gasteiger charge is -2.33. The highest BCUT2D eigenvalue weighted by Gasteiger charge is 2.44. The number of amides is 1. The minimum absolute atomic E-state index is 0. The lowest BCUT2D eigenvalue weighted by atomic mass is 9.96. The number of carbonyl (C=O) groups is 1. The smallest absolute Gasteiger partial charge is 0.262 e. The maximum absolute atomic E-state index is 13.3. The van der Waals surface area contributed by atoms with Crippen molar-refractivity contribution in [3.63, 3.8) is 0 Å². The number of nitrogens with zero attached hydrogens (tertiary/aromatic N) is 3. The van der Waals surface area contributed by atoms with E-state index in [0.29, 0.717) is 19.0 Å². The summed E-state index contributed by atoms with van der Waals surface area (Å²) in [5.74, 6) is -0.682. The van der Waals surface area contributed by atoms with Crippen molar-refractivity contribution < 1.29 is 13.6 Å². The zero-order valence-electron chi connectivity index (χ0n) is 13.3. The summed E-state index contributed by atoms with van der Waals surface area (Å²) in [7, 11) is 0. The molecule has 2 atom stereocenters. The average molecular weight is 362 g/mol. The molecule has 3 fully saturated rings. The van der Waals surface area contributed by atoms with Crippen LogP contribution in [0.1, 0.15) is 55.6 Å². The molecule has 6 nitrogen and oxygen atoms in total. The Morgan fingerprint density at radius 3 is 2.71 bits per heavy atom. The molecule has 3 heterocycles. The zero-order valence-corrected chi connectivity index (χ0v) is 14.1. The molecule has 1 amide bonds. The van der Waals surface area contributed by atoms with Crippen molar-refractivity contribution in [3.05, 3.63) is 11.6 Å². The van der Waals surface area contributed by atoms with E-state index in [1.807, 2.05) is 0 Å². The van der Waals surface area contributed by atoms with Crippen LogP contribution in [0.2, 0.25) is 0 Å². The maximum atomic E-state index is 13.3. The molecule has 1 aliphatic carbocycles. The van der Waals surface area contributed by atoms with Gasteiger partial charge >= 0.3 is 0 Å². The van der Waals surface area contributed by atoms with Crippen LogP contribution in [0.4, 0.5) is 8.78 Å². The molecule has 2 unspecified atom stereocenters. The summed E-state index contributed by atoms with van der Waals surface area (Å²) in [6.45, 7) is 0.732. The predicted molar refractivity (Wildman–Crippen MR) is 85.5 cm³/mol. The third-order valence-corrected chi connectivity index (χ3v) is 4.99. The van der Waals surface area contributed by atoms with Crippen molar-refractivity contribution in [2.24, 2.45) is 0 Å². The predicted octanol–water partition coefficient (Wildman–Crippen LogP) is 1.81. The van der Waals surface area contributed by atoms with Gasteiger partial charge in [-0.15, -0.1) is 12.4 Å². The summed E-state index contributed by atoms with van der Waals surface area (Å²) >= 11 is 0. The van der Waals surface area contributed by atoms with Gasteiger partial charge in [0.25, 0.3) is 5.92 Å². The van der Waals surface area contributed by atoms with Gasteiger partial charge in [-0.2, -0.15) is 5.10 Å². The summed E-state index contributed by atoms with van der Waals surface area (Å²) < 4.78 is 26.6. The van der Waals surface area contributed by atoms with E-state index in [1.165, 1.54) is 0 Å². The second-order valence-electron chi connectivity index (χ2n) is 6.97. The Morgan fingerprint density at radius 1 is 1.25 bits per heavy atom. The number of carbonyl (C=O) groups excluding carboxylic acids is 1. The Kier molecular flexibility index (Phi) is 4.79. The number of H-pyrrole nitrogens is 1. The molecule has 4 rings (SSSR count). The summed E-state index contributed by atoms with van der Waals surface area (Å²) in [4.78, 5) is 18.7. The quantitative estimate of drug-likeness (QED) is 0.861. The highest BCUT2D eigenvalue weighted by atomic mass is 35.5. The first-order chi connectivity index (χ1) is 11.0. The Hall–Kier alpha value is -1.28. The number of alkyl halides is 2. The molecule has 1 aromatic rings. The fourth-order valence-corrected chi connectivity index (χ4v) is 3.51. The van der Waals surface area contributed by atoms with Crippen molar-refractivity contribution in [3.8, 4) is 0 Å². The number of rotatable bonds is 3. The normalized spacial score (nSPS) is 29.3. The Bertz CT molecular complexity index is 606. The second-order valence-corrected chi connectivity index (χ2v) is 6.97. The van der Waals surface area contributed by atoms with Crippen molar-refractivity contribution >= 4 is 18.3 Å². The number of aromatic amines is 1. The molecular weight excluding hydrogens is 340 g/mol. The van der Waals surface area contributed by atoms with Crippen molar-refractivity contribution in [2.75, 3.05) is 19.6 Å². The average Bonchev–Trinajstić information content (AvgIpc) is 3.16. The number of aromatic nitrogens is 3. The zero-order chi connectivity index (χ0) is 16.0. The maximum Gasteiger partial charge on any atom is 0.262 e. The van der Waals surface area contributed by atoms with Gasteiger partial charge in [-0.25, -0.2) is 13.8 Å². The molecule has 0 spiro atoms. The van der Waals surface area contributed by atoms with Crippen molar-refractivity contribution in [1.82, 2.24) is 25.4 Å². The van der Waals surface area contributed by atoms with E-state index in [1.54, 1.807) is 4.90 Å². The number of piperidine rings is 1. The summed E-state index contributed by atoms with van der Waals surface area (Å²) in [5, 5.41) is 9.95. The number of hydrogen-bond acceptors (Lipinski definition) is 4. The van der Waals surface area contributed by atoms with E-state index in [0.717, 1.165) is 37.3 Å². The standard InChI is InChI=1S/C15H21F2N5O.ClH/c16-15(17)6-11(18-8-15)14(23)22-5-1-2-10(7-22)13-19-12(20-21-13)9-3-4-9;/h9-11,18H,1-8H2,(H,19,20,21);1H. The van der Waals surface area contributed by atoms with Gasteiger partial charge in [0.1, 0.15) is 5.82 Å². The molecular formula is C15H22ClF2N5O. The third kappa shape index (κ3) is 3.54. The summed E-state index contributed by atoms with van der Waals surface area (Å²) in [6.07, 6.45) is 3.70. The van der Waals surface area contributed by atoms with Crippen molar-refractivity contribution in [2.45, 2.75) is 55.9 Å². The van der Waals surface area contributed by atoms with Crippen LogP contribution in [0.25, 0.3) is 0 Å². The monoisotopic (exact) mass is 361 g/mol. The van der Waals surface area contributed by atoms with Gasteiger partial charge in [0.05, 0.1) is 12.6 Å². The number of nitrogens with one attached hydrogen (secondary N) is 2. The van der Waals surface area contributed by atoms with Crippen LogP contribution in [0.15, 0.2) is 0 Å². The Balaban J connectivity index is 0.00000169. The van der Waals surface area contributed by atoms with E-state index in [2.05, 4.69) is 20.5 Å². The van der Waals surface area contributed by atoms with Crippen LogP contribution < -0.4 is 5.32 Å². The third-order valence-electron chi connectivity index (χ3n) is 4.99.